The Morgan fingerprint density at radius 1 is 0.955 bits per heavy atom. The highest BCUT2D eigenvalue weighted by atomic mass is 19.4. The van der Waals surface area contributed by atoms with Crippen molar-refractivity contribution in [2.75, 3.05) is 11.4 Å². The Labute approximate surface area is 126 Å². The number of nitrogens with zero attached hydrogens (tertiary/aromatic N) is 1. The van der Waals surface area contributed by atoms with Crippen LogP contribution in [0.4, 0.5) is 24.5 Å². The van der Waals surface area contributed by atoms with Gasteiger partial charge in [-0.25, -0.2) is 0 Å². The van der Waals surface area contributed by atoms with Crippen molar-refractivity contribution in [1.82, 2.24) is 0 Å². The lowest BCUT2D eigenvalue weighted by molar-refractivity contribution is -0.137. The van der Waals surface area contributed by atoms with E-state index in [2.05, 4.69) is 0 Å². The number of benzene rings is 2. The second-order valence-corrected chi connectivity index (χ2v) is 5.24. The maximum atomic E-state index is 12.7. The zero-order valence-electron chi connectivity index (χ0n) is 11.7. The summed E-state index contributed by atoms with van der Waals surface area (Å²) in [6.07, 6.45) is -3.21. The summed E-state index contributed by atoms with van der Waals surface area (Å²) < 4.78 is 38.0. The number of hydrogen-bond donors (Lipinski definition) is 0. The molecule has 22 heavy (non-hydrogen) atoms. The minimum absolute atomic E-state index is 0.0741. The Hall–Kier alpha value is -2.30. The molecule has 0 radical (unpaired) electrons. The lowest BCUT2D eigenvalue weighted by atomic mass is 10.1. The van der Waals surface area contributed by atoms with Gasteiger partial charge in [-0.15, -0.1) is 0 Å². The molecule has 1 aliphatic heterocycles. The van der Waals surface area contributed by atoms with Crippen molar-refractivity contribution < 1.29 is 18.0 Å². The first-order valence-corrected chi connectivity index (χ1v) is 7.04. The van der Waals surface area contributed by atoms with Gasteiger partial charge in [0.15, 0.2) is 5.78 Å². The van der Waals surface area contributed by atoms with Crippen LogP contribution in [0.5, 0.6) is 0 Å². The summed E-state index contributed by atoms with van der Waals surface area (Å²) in [4.78, 5) is 14.0. The number of carbonyl (C=O) groups excluding carboxylic acids is 1. The van der Waals surface area contributed by atoms with E-state index in [9.17, 15) is 18.0 Å². The van der Waals surface area contributed by atoms with Crippen LogP contribution in [0, 0.1) is 0 Å². The zero-order chi connectivity index (χ0) is 15.7. The molecule has 3 rings (SSSR count). The predicted molar refractivity (Wildman–Crippen MR) is 78.5 cm³/mol. The monoisotopic (exact) mass is 305 g/mol. The molecule has 2 aromatic rings. The van der Waals surface area contributed by atoms with Crippen LogP contribution < -0.4 is 4.90 Å². The van der Waals surface area contributed by atoms with Crippen molar-refractivity contribution in [3.8, 4) is 0 Å². The van der Waals surface area contributed by atoms with Crippen LogP contribution in [-0.4, -0.2) is 12.3 Å². The van der Waals surface area contributed by atoms with Crippen molar-refractivity contribution in [3.63, 3.8) is 0 Å². The minimum Gasteiger partial charge on any atom is -0.341 e. The van der Waals surface area contributed by atoms with E-state index >= 15 is 0 Å². The molecule has 2 nitrogen and oxygen atoms in total. The second kappa shape index (κ2) is 5.48. The molecule has 0 spiro atoms. The molecule has 5 heteroatoms. The van der Waals surface area contributed by atoms with Gasteiger partial charge in [-0.2, -0.15) is 13.2 Å². The van der Waals surface area contributed by atoms with Gasteiger partial charge in [0.1, 0.15) is 0 Å². The van der Waals surface area contributed by atoms with Gasteiger partial charge in [-0.1, -0.05) is 12.1 Å². The number of alkyl halides is 3. The molecular weight excluding hydrogens is 291 g/mol. The summed E-state index contributed by atoms with van der Waals surface area (Å²) in [6, 6.07) is 12.3. The molecule has 0 aromatic heterocycles. The maximum absolute atomic E-state index is 12.7. The largest absolute Gasteiger partial charge is 0.416 e. The molecule has 0 N–H and O–H groups in total. The topological polar surface area (TPSA) is 20.3 Å². The number of rotatable bonds is 1. The third kappa shape index (κ3) is 2.71. The van der Waals surface area contributed by atoms with E-state index in [4.69, 9.17) is 0 Å². The molecule has 2 aromatic carbocycles. The number of Topliss-reactive ketones (excluding diaryl/α,β-unsaturated/α-hetero) is 1. The van der Waals surface area contributed by atoms with Gasteiger partial charge in [0.2, 0.25) is 0 Å². The van der Waals surface area contributed by atoms with Gasteiger partial charge < -0.3 is 4.90 Å². The van der Waals surface area contributed by atoms with Gasteiger partial charge in [-0.3, -0.25) is 4.79 Å². The van der Waals surface area contributed by atoms with Crippen LogP contribution in [0.1, 0.15) is 28.8 Å². The third-order valence-corrected chi connectivity index (χ3v) is 3.79. The number of halogens is 3. The smallest absolute Gasteiger partial charge is 0.341 e. The molecule has 0 atom stereocenters. The van der Waals surface area contributed by atoms with E-state index < -0.39 is 11.7 Å². The van der Waals surface area contributed by atoms with E-state index in [0.717, 1.165) is 17.8 Å². The van der Waals surface area contributed by atoms with Gasteiger partial charge >= 0.3 is 6.18 Å². The molecule has 1 aliphatic rings. The summed E-state index contributed by atoms with van der Waals surface area (Å²) in [5.74, 6) is 0.0741. The van der Waals surface area contributed by atoms with Gasteiger partial charge in [-0.05, 0) is 42.8 Å². The van der Waals surface area contributed by atoms with Crippen LogP contribution in [0.2, 0.25) is 0 Å². The van der Waals surface area contributed by atoms with Gasteiger partial charge in [0.25, 0.3) is 0 Å². The Bertz CT molecular complexity index is 692. The third-order valence-electron chi connectivity index (χ3n) is 3.79. The molecule has 114 valence electrons. The summed E-state index contributed by atoms with van der Waals surface area (Å²) >= 11 is 0. The van der Waals surface area contributed by atoms with Crippen LogP contribution >= 0.6 is 0 Å². The van der Waals surface area contributed by atoms with Crippen LogP contribution in [-0.2, 0) is 6.18 Å². The number of ketones is 1. The zero-order valence-corrected chi connectivity index (χ0v) is 11.7. The number of hydrogen-bond acceptors (Lipinski definition) is 2. The van der Waals surface area contributed by atoms with Crippen LogP contribution in [0.25, 0.3) is 0 Å². The van der Waals surface area contributed by atoms with Gasteiger partial charge in [0, 0.05) is 24.2 Å². The van der Waals surface area contributed by atoms with E-state index in [0.29, 0.717) is 30.6 Å². The number of fused-ring (bicyclic) bond motifs is 1. The number of para-hydroxylation sites is 1. The van der Waals surface area contributed by atoms with Gasteiger partial charge in [0.05, 0.1) is 11.3 Å². The quantitative estimate of drug-likeness (QED) is 0.753. The van der Waals surface area contributed by atoms with Crippen LogP contribution in [0.15, 0.2) is 48.5 Å². The Morgan fingerprint density at radius 2 is 1.64 bits per heavy atom. The molecule has 1 heterocycles. The van der Waals surface area contributed by atoms with Crippen LogP contribution in [0.3, 0.4) is 0 Å². The van der Waals surface area contributed by atoms with Crippen molar-refractivity contribution in [2.24, 2.45) is 0 Å². The highest BCUT2D eigenvalue weighted by Crippen LogP contribution is 2.35. The normalized spacial score (nSPS) is 15.4. The first kappa shape index (κ1) is 14.6. The second-order valence-electron chi connectivity index (χ2n) is 5.24. The van der Waals surface area contributed by atoms with E-state index in [1.807, 2.05) is 17.0 Å². The Balaban J connectivity index is 2.01. The fraction of sp³-hybridized carbons (Fsp3) is 0.235. The van der Waals surface area contributed by atoms with Crippen molar-refractivity contribution in [1.29, 1.82) is 0 Å². The molecular formula is C17H14F3NO. The van der Waals surface area contributed by atoms with Crippen molar-refractivity contribution in [3.05, 3.63) is 59.7 Å². The molecule has 0 aliphatic carbocycles. The number of carbonyl (C=O) groups is 1. The Kier molecular flexibility index (Phi) is 3.64. The average molecular weight is 305 g/mol. The first-order chi connectivity index (χ1) is 10.5. The molecule has 0 fully saturated rings. The SMILES string of the molecule is O=C1CCCN(c2ccc(C(F)(F)F)cc2)c2ccccc21. The lowest BCUT2D eigenvalue weighted by Crippen LogP contribution is -2.18. The van der Waals surface area contributed by atoms with Crippen molar-refractivity contribution >= 4 is 17.2 Å². The fourth-order valence-corrected chi connectivity index (χ4v) is 2.70. The summed E-state index contributed by atoms with van der Waals surface area (Å²) in [5, 5.41) is 0. The summed E-state index contributed by atoms with van der Waals surface area (Å²) in [6.45, 7) is 0.605. The van der Waals surface area contributed by atoms with E-state index in [-0.39, 0.29) is 5.78 Å². The molecule has 0 amide bonds. The fourth-order valence-electron chi connectivity index (χ4n) is 2.70. The molecule has 0 bridgehead atoms. The molecule has 0 unspecified atom stereocenters. The van der Waals surface area contributed by atoms with Crippen molar-refractivity contribution in [2.45, 2.75) is 19.0 Å². The van der Waals surface area contributed by atoms with E-state index in [1.165, 1.54) is 12.1 Å². The lowest BCUT2D eigenvalue weighted by Gasteiger charge is -2.25. The highest BCUT2D eigenvalue weighted by molar-refractivity contribution is 6.02. The molecule has 0 saturated heterocycles. The minimum atomic E-state index is -4.34. The average Bonchev–Trinajstić information content (AvgIpc) is 2.66. The predicted octanol–water partition coefficient (Wildman–Crippen LogP) is 4.82. The molecule has 0 saturated carbocycles. The standard InChI is InChI=1S/C17H14F3NO/c18-17(19,20)12-7-9-13(10-8-12)21-11-3-6-16(22)14-4-1-2-5-15(14)21/h1-2,4-5,7-10H,3,6,11H2. The summed E-state index contributed by atoms with van der Waals surface area (Å²) in [7, 11) is 0. The first-order valence-electron chi connectivity index (χ1n) is 7.04. The highest BCUT2D eigenvalue weighted by Gasteiger charge is 2.30. The van der Waals surface area contributed by atoms with E-state index in [1.54, 1.807) is 12.1 Å². The Morgan fingerprint density at radius 3 is 2.32 bits per heavy atom. The maximum Gasteiger partial charge on any atom is 0.416 e. The summed E-state index contributed by atoms with van der Waals surface area (Å²) in [5.41, 5.74) is 1.37. The number of anilines is 2.